The molecule has 0 unspecified atom stereocenters. The van der Waals surface area contributed by atoms with Gasteiger partial charge in [-0.25, -0.2) is 4.79 Å². The van der Waals surface area contributed by atoms with Crippen molar-refractivity contribution in [2.24, 2.45) is 5.41 Å². The standard InChI is InChI=1S/C26H41N3O4/c1-25(2,3)33-24(30)29-13-12-26(20-29)10-8-22(9-11-26)27-21-4-6-23(7-5-21)32-19-16-28-14-17-31-18-15-28/h4-7,22,27H,8-20H2,1-3H3. The van der Waals surface area contributed by atoms with E-state index in [4.69, 9.17) is 14.2 Å². The van der Waals surface area contributed by atoms with Gasteiger partial charge in [0, 0.05) is 44.5 Å². The first-order chi connectivity index (χ1) is 15.8. The molecule has 1 saturated carbocycles. The molecule has 2 heterocycles. The lowest BCUT2D eigenvalue weighted by Gasteiger charge is -2.37. The molecule has 0 radical (unpaired) electrons. The minimum Gasteiger partial charge on any atom is -0.492 e. The number of hydrogen-bond acceptors (Lipinski definition) is 6. The van der Waals surface area contributed by atoms with Crippen LogP contribution in [0.5, 0.6) is 5.75 Å². The smallest absolute Gasteiger partial charge is 0.410 e. The monoisotopic (exact) mass is 459 g/mol. The van der Waals surface area contributed by atoms with Crippen molar-refractivity contribution in [1.29, 1.82) is 0 Å². The summed E-state index contributed by atoms with van der Waals surface area (Å²) in [6, 6.07) is 8.84. The predicted octanol–water partition coefficient (Wildman–Crippen LogP) is 4.38. The summed E-state index contributed by atoms with van der Waals surface area (Å²) in [5, 5.41) is 3.70. The molecule has 33 heavy (non-hydrogen) atoms. The van der Waals surface area contributed by atoms with Crippen LogP contribution in [0.2, 0.25) is 0 Å². The summed E-state index contributed by atoms with van der Waals surface area (Å²) < 4.78 is 16.9. The van der Waals surface area contributed by atoms with Crippen molar-refractivity contribution < 1.29 is 19.0 Å². The highest BCUT2D eigenvalue weighted by Crippen LogP contribution is 2.44. The van der Waals surface area contributed by atoms with Gasteiger partial charge in [0.25, 0.3) is 0 Å². The van der Waals surface area contributed by atoms with Crippen LogP contribution in [0.3, 0.4) is 0 Å². The van der Waals surface area contributed by atoms with Gasteiger partial charge in [0.05, 0.1) is 13.2 Å². The summed E-state index contributed by atoms with van der Waals surface area (Å²) in [7, 11) is 0. The molecule has 0 atom stereocenters. The Bertz CT molecular complexity index is 763. The molecule has 0 aromatic heterocycles. The van der Waals surface area contributed by atoms with Gasteiger partial charge < -0.3 is 24.4 Å². The van der Waals surface area contributed by atoms with Crippen molar-refractivity contribution >= 4 is 11.8 Å². The number of carbonyl (C=O) groups excluding carboxylic acids is 1. The van der Waals surface area contributed by atoms with Crippen LogP contribution in [0.1, 0.15) is 52.9 Å². The second kappa shape index (κ2) is 10.5. The van der Waals surface area contributed by atoms with E-state index < -0.39 is 5.60 Å². The summed E-state index contributed by atoms with van der Waals surface area (Å²) in [4.78, 5) is 16.7. The molecule has 0 bridgehead atoms. The summed E-state index contributed by atoms with van der Waals surface area (Å²) in [5.74, 6) is 0.921. The van der Waals surface area contributed by atoms with Crippen molar-refractivity contribution in [3.05, 3.63) is 24.3 Å². The van der Waals surface area contributed by atoms with Crippen LogP contribution < -0.4 is 10.1 Å². The molecule has 1 aromatic carbocycles. The number of ether oxygens (including phenoxy) is 3. The number of likely N-dealkylation sites (tertiary alicyclic amines) is 1. The molecule has 7 heteroatoms. The Hall–Kier alpha value is -1.99. The first kappa shape index (κ1) is 24.1. The fourth-order valence-electron chi connectivity index (χ4n) is 5.20. The summed E-state index contributed by atoms with van der Waals surface area (Å²) in [6.07, 6.45) is 5.53. The van der Waals surface area contributed by atoms with Gasteiger partial charge in [-0.1, -0.05) is 0 Å². The summed E-state index contributed by atoms with van der Waals surface area (Å²) in [6.45, 7) is 12.7. The highest BCUT2D eigenvalue weighted by molar-refractivity contribution is 5.68. The third kappa shape index (κ3) is 7.00. The zero-order valence-electron chi connectivity index (χ0n) is 20.6. The minimum absolute atomic E-state index is 0.160. The van der Waals surface area contributed by atoms with E-state index in [1.807, 2.05) is 25.7 Å². The van der Waals surface area contributed by atoms with E-state index in [9.17, 15) is 4.79 Å². The van der Waals surface area contributed by atoms with E-state index in [1.54, 1.807) is 0 Å². The van der Waals surface area contributed by atoms with Crippen molar-refractivity contribution in [3.63, 3.8) is 0 Å². The van der Waals surface area contributed by atoms with Gasteiger partial charge in [0.2, 0.25) is 0 Å². The molecule has 1 aliphatic carbocycles. The second-order valence-electron chi connectivity index (χ2n) is 10.9. The maximum absolute atomic E-state index is 12.4. The molecule has 3 aliphatic rings. The number of hydrogen-bond donors (Lipinski definition) is 1. The average molecular weight is 460 g/mol. The Morgan fingerprint density at radius 2 is 1.79 bits per heavy atom. The van der Waals surface area contributed by atoms with Gasteiger partial charge in [-0.05, 0) is 82.6 Å². The van der Waals surface area contributed by atoms with Crippen molar-refractivity contribution in [1.82, 2.24) is 9.80 Å². The predicted molar refractivity (Wildman–Crippen MR) is 130 cm³/mol. The largest absolute Gasteiger partial charge is 0.492 e. The zero-order chi connectivity index (χ0) is 23.3. The number of benzene rings is 1. The number of rotatable bonds is 6. The molecule has 1 spiro atoms. The quantitative estimate of drug-likeness (QED) is 0.681. The number of nitrogens with one attached hydrogen (secondary N) is 1. The Kier molecular flexibility index (Phi) is 7.69. The molecule has 3 fully saturated rings. The van der Waals surface area contributed by atoms with Gasteiger partial charge in [-0.2, -0.15) is 0 Å². The lowest BCUT2D eigenvalue weighted by molar-refractivity contribution is 0.0261. The van der Waals surface area contributed by atoms with E-state index in [2.05, 4.69) is 34.5 Å². The van der Waals surface area contributed by atoms with Crippen molar-refractivity contribution in [2.75, 3.05) is 57.9 Å². The number of nitrogens with zero attached hydrogens (tertiary/aromatic N) is 2. The SMILES string of the molecule is CC(C)(C)OC(=O)N1CCC2(CCC(Nc3ccc(OCCN4CCOCC4)cc3)CC2)C1. The van der Waals surface area contributed by atoms with E-state index in [1.165, 1.54) is 0 Å². The molecule has 2 saturated heterocycles. The second-order valence-corrected chi connectivity index (χ2v) is 10.9. The highest BCUT2D eigenvalue weighted by Gasteiger charge is 2.43. The van der Waals surface area contributed by atoms with Gasteiger partial charge in [-0.3, -0.25) is 4.90 Å². The average Bonchev–Trinajstić information content (AvgIpc) is 3.20. The van der Waals surface area contributed by atoms with Crippen LogP contribution >= 0.6 is 0 Å². The van der Waals surface area contributed by atoms with Crippen LogP contribution in [0, 0.1) is 5.41 Å². The van der Waals surface area contributed by atoms with Crippen molar-refractivity contribution in [3.8, 4) is 5.75 Å². The van der Waals surface area contributed by atoms with E-state index in [0.717, 1.165) is 89.5 Å². The van der Waals surface area contributed by atoms with Crippen LogP contribution in [0.15, 0.2) is 24.3 Å². The first-order valence-corrected chi connectivity index (χ1v) is 12.6. The molecule has 1 amide bonds. The summed E-state index contributed by atoms with van der Waals surface area (Å²) >= 11 is 0. The third-order valence-corrected chi connectivity index (χ3v) is 7.14. The Morgan fingerprint density at radius 1 is 1.09 bits per heavy atom. The fourth-order valence-corrected chi connectivity index (χ4v) is 5.20. The number of carbonyl (C=O) groups is 1. The molecule has 7 nitrogen and oxygen atoms in total. The zero-order valence-corrected chi connectivity index (χ0v) is 20.6. The van der Waals surface area contributed by atoms with E-state index >= 15 is 0 Å². The van der Waals surface area contributed by atoms with Crippen LogP contribution in [-0.4, -0.2) is 80.1 Å². The maximum Gasteiger partial charge on any atom is 0.410 e. The Labute approximate surface area is 198 Å². The minimum atomic E-state index is -0.433. The molecule has 1 aromatic rings. The maximum atomic E-state index is 12.4. The number of anilines is 1. The first-order valence-electron chi connectivity index (χ1n) is 12.6. The summed E-state index contributed by atoms with van der Waals surface area (Å²) in [5.41, 5.74) is 0.989. The van der Waals surface area contributed by atoms with Crippen LogP contribution in [0.4, 0.5) is 10.5 Å². The number of amides is 1. The normalized spacial score (nSPS) is 26.4. The topological polar surface area (TPSA) is 63.3 Å². The van der Waals surface area contributed by atoms with E-state index in [-0.39, 0.29) is 11.5 Å². The lowest BCUT2D eigenvalue weighted by Crippen LogP contribution is -2.39. The Balaban J connectivity index is 1.17. The van der Waals surface area contributed by atoms with Gasteiger partial charge >= 0.3 is 6.09 Å². The lowest BCUT2D eigenvalue weighted by atomic mass is 9.72. The fraction of sp³-hybridized carbons (Fsp3) is 0.731. The van der Waals surface area contributed by atoms with Crippen LogP contribution in [-0.2, 0) is 9.47 Å². The molecular formula is C26H41N3O4. The molecule has 1 N–H and O–H groups in total. The Morgan fingerprint density at radius 3 is 2.45 bits per heavy atom. The third-order valence-electron chi connectivity index (χ3n) is 7.14. The molecular weight excluding hydrogens is 418 g/mol. The number of morpholine rings is 1. The molecule has 4 rings (SSSR count). The molecule has 2 aliphatic heterocycles. The van der Waals surface area contributed by atoms with Crippen LogP contribution in [0.25, 0.3) is 0 Å². The van der Waals surface area contributed by atoms with Crippen molar-refractivity contribution in [2.45, 2.75) is 64.5 Å². The van der Waals surface area contributed by atoms with Gasteiger partial charge in [0.15, 0.2) is 0 Å². The van der Waals surface area contributed by atoms with E-state index in [0.29, 0.717) is 12.6 Å². The van der Waals surface area contributed by atoms with Gasteiger partial charge in [0.1, 0.15) is 18.0 Å². The van der Waals surface area contributed by atoms with Gasteiger partial charge in [-0.15, -0.1) is 0 Å². The molecule has 184 valence electrons. The highest BCUT2D eigenvalue weighted by atomic mass is 16.6.